The Hall–Kier alpha value is -1.98. The molecule has 0 aliphatic heterocycles. The molecule has 0 bridgehead atoms. The number of aromatic amines is 1. The lowest BCUT2D eigenvalue weighted by molar-refractivity contribution is 0.855. The van der Waals surface area contributed by atoms with Gasteiger partial charge in [-0.25, -0.2) is 0 Å². The maximum absolute atomic E-state index is 4.12. The summed E-state index contributed by atoms with van der Waals surface area (Å²) in [6.07, 6.45) is 0.942. The molecule has 2 N–H and O–H groups in total. The highest BCUT2D eigenvalue weighted by Gasteiger charge is 2.09. The molecule has 2 aromatic rings. The predicted molar refractivity (Wildman–Crippen MR) is 73.1 cm³/mol. The number of aryl methyl sites for hydroxylation is 1. The van der Waals surface area contributed by atoms with Gasteiger partial charge in [-0.1, -0.05) is 0 Å². The highest BCUT2D eigenvalue weighted by Crippen LogP contribution is 2.11. The van der Waals surface area contributed by atoms with Crippen molar-refractivity contribution in [3.63, 3.8) is 0 Å². The van der Waals surface area contributed by atoms with Crippen molar-refractivity contribution >= 4 is 11.9 Å². The van der Waals surface area contributed by atoms with E-state index in [1.54, 1.807) is 0 Å². The predicted octanol–water partition coefficient (Wildman–Crippen LogP) is 1.17. The number of nitrogens with one attached hydrogen (secondary N) is 2. The molecule has 0 unspecified atom stereocenters. The number of hydrogen-bond donors (Lipinski definition) is 2. The molecular formula is C12H20N6. The second-order valence-electron chi connectivity index (χ2n) is 4.62. The maximum atomic E-state index is 4.12. The van der Waals surface area contributed by atoms with Crippen LogP contribution in [0.5, 0.6) is 0 Å². The largest absolute Gasteiger partial charge is 0.362 e. The van der Waals surface area contributed by atoms with Gasteiger partial charge in [-0.15, -0.1) is 10.2 Å². The van der Waals surface area contributed by atoms with Crippen molar-refractivity contribution in [1.82, 2.24) is 19.7 Å². The summed E-state index contributed by atoms with van der Waals surface area (Å²) in [5.41, 5.74) is 2.42. The van der Waals surface area contributed by atoms with Crippen molar-refractivity contribution in [2.45, 2.75) is 13.3 Å². The molecule has 6 nitrogen and oxygen atoms in total. The van der Waals surface area contributed by atoms with E-state index in [0.717, 1.165) is 24.9 Å². The minimum Gasteiger partial charge on any atom is -0.362 e. The molecule has 0 amide bonds. The zero-order valence-electron chi connectivity index (χ0n) is 11.4. The Balaban J connectivity index is 1.90. The Morgan fingerprint density at radius 1 is 1.33 bits per heavy atom. The molecule has 0 saturated heterocycles. The zero-order valence-corrected chi connectivity index (χ0v) is 11.4. The second kappa shape index (κ2) is 5.12. The summed E-state index contributed by atoms with van der Waals surface area (Å²) in [5, 5.41) is 11.5. The number of hydrogen-bond acceptors (Lipinski definition) is 4. The van der Waals surface area contributed by atoms with Crippen LogP contribution in [0.2, 0.25) is 0 Å². The van der Waals surface area contributed by atoms with Crippen LogP contribution in [0.25, 0.3) is 0 Å². The van der Waals surface area contributed by atoms with Crippen LogP contribution in [0.15, 0.2) is 12.1 Å². The molecule has 18 heavy (non-hydrogen) atoms. The van der Waals surface area contributed by atoms with Crippen molar-refractivity contribution in [2.24, 2.45) is 7.05 Å². The van der Waals surface area contributed by atoms with E-state index < -0.39 is 0 Å². The minimum atomic E-state index is 0.793. The third kappa shape index (κ3) is 2.64. The van der Waals surface area contributed by atoms with Crippen LogP contribution in [-0.2, 0) is 13.5 Å². The van der Waals surface area contributed by atoms with Gasteiger partial charge in [0.25, 0.3) is 0 Å². The molecule has 6 heteroatoms. The summed E-state index contributed by atoms with van der Waals surface area (Å²) in [6, 6.07) is 4.20. The normalized spacial score (nSPS) is 10.7. The molecule has 0 aliphatic rings. The lowest BCUT2D eigenvalue weighted by Gasteiger charge is -2.11. The third-order valence-corrected chi connectivity index (χ3v) is 2.82. The summed E-state index contributed by atoms with van der Waals surface area (Å²) in [5.74, 6) is 1.63. The number of H-pyrrole nitrogens is 1. The molecule has 2 rings (SSSR count). The SMILES string of the molecule is Cc1ccc(CCNc2nnc(N(C)C)n2C)[nH]1. The first-order valence-corrected chi connectivity index (χ1v) is 6.03. The third-order valence-electron chi connectivity index (χ3n) is 2.82. The topological polar surface area (TPSA) is 61.8 Å². The van der Waals surface area contributed by atoms with Crippen molar-refractivity contribution < 1.29 is 0 Å². The molecule has 0 aliphatic carbocycles. The van der Waals surface area contributed by atoms with Gasteiger partial charge in [0.1, 0.15) is 0 Å². The smallest absolute Gasteiger partial charge is 0.227 e. The van der Waals surface area contributed by atoms with E-state index in [4.69, 9.17) is 0 Å². The molecule has 98 valence electrons. The van der Waals surface area contributed by atoms with E-state index in [2.05, 4.69) is 39.6 Å². The molecule has 0 saturated carbocycles. The first-order chi connectivity index (χ1) is 8.58. The standard InChI is InChI=1S/C12H20N6/c1-9-5-6-10(14-9)7-8-13-11-15-16-12(17(2)3)18(11)4/h5-6,14H,7-8H2,1-4H3,(H,13,15). The fourth-order valence-corrected chi connectivity index (χ4v) is 1.88. The molecule has 2 aromatic heterocycles. The average molecular weight is 248 g/mol. The van der Waals surface area contributed by atoms with Gasteiger partial charge in [0.15, 0.2) is 0 Å². The first kappa shape index (κ1) is 12.5. The fraction of sp³-hybridized carbons (Fsp3) is 0.500. The van der Waals surface area contributed by atoms with Crippen LogP contribution in [-0.4, -0.2) is 40.4 Å². The Morgan fingerprint density at radius 2 is 2.11 bits per heavy atom. The zero-order chi connectivity index (χ0) is 13.1. The van der Waals surface area contributed by atoms with Crippen LogP contribution in [0.3, 0.4) is 0 Å². The summed E-state index contributed by atoms with van der Waals surface area (Å²) in [4.78, 5) is 5.25. The molecule has 2 heterocycles. The summed E-state index contributed by atoms with van der Waals surface area (Å²) >= 11 is 0. The van der Waals surface area contributed by atoms with Crippen molar-refractivity contribution in [2.75, 3.05) is 30.9 Å². The van der Waals surface area contributed by atoms with Gasteiger partial charge in [-0.05, 0) is 19.1 Å². The van der Waals surface area contributed by atoms with Crippen molar-refractivity contribution in [3.8, 4) is 0 Å². The highest BCUT2D eigenvalue weighted by molar-refractivity contribution is 5.37. The van der Waals surface area contributed by atoms with Crippen molar-refractivity contribution in [3.05, 3.63) is 23.5 Å². The number of nitrogens with zero attached hydrogens (tertiary/aromatic N) is 4. The quantitative estimate of drug-likeness (QED) is 0.834. The Labute approximate surface area is 107 Å². The molecule has 0 spiro atoms. The van der Waals surface area contributed by atoms with Crippen LogP contribution >= 0.6 is 0 Å². The number of aromatic nitrogens is 4. The molecule has 0 fully saturated rings. The lowest BCUT2D eigenvalue weighted by atomic mass is 10.3. The first-order valence-electron chi connectivity index (χ1n) is 6.03. The Bertz CT molecular complexity index is 510. The Kier molecular flexibility index (Phi) is 3.55. The van der Waals surface area contributed by atoms with Gasteiger partial charge in [-0.2, -0.15) is 0 Å². The van der Waals surface area contributed by atoms with Gasteiger partial charge in [0.05, 0.1) is 0 Å². The van der Waals surface area contributed by atoms with Gasteiger partial charge in [-0.3, -0.25) is 4.57 Å². The summed E-state index contributed by atoms with van der Waals surface area (Å²) in [7, 11) is 5.86. The van der Waals surface area contributed by atoms with Crippen LogP contribution in [0.4, 0.5) is 11.9 Å². The highest BCUT2D eigenvalue weighted by atomic mass is 15.4. The monoisotopic (exact) mass is 248 g/mol. The molecule has 0 aromatic carbocycles. The molecule has 0 radical (unpaired) electrons. The maximum Gasteiger partial charge on any atom is 0.227 e. The molecule has 0 atom stereocenters. The van der Waals surface area contributed by atoms with E-state index in [1.165, 1.54) is 11.4 Å². The van der Waals surface area contributed by atoms with E-state index in [1.807, 2.05) is 30.6 Å². The van der Waals surface area contributed by atoms with Gasteiger partial charge < -0.3 is 15.2 Å². The number of rotatable bonds is 5. The van der Waals surface area contributed by atoms with E-state index in [-0.39, 0.29) is 0 Å². The molecular weight excluding hydrogens is 228 g/mol. The van der Waals surface area contributed by atoms with E-state index in [0.29, 0.717) is 0 Å². The summed E-state index contributed by atoms with van der Waals surface area (Å²) < 4.78 is 1.94. The van der Waals surface area contributed by atoms with E-state index in [9.17, 15) is 0 Å². The Morgan fingerprint density at radius 3 is 2.67 bits per heavy atom. The average Bonchev–Trinajstić information content (AvgIpc) is 2.87. The van der Waals surface area contributed by atoms with Crippen LogP contribution < -0.4 is 10.2 Å². The van der Waals surface area contributed by atoms with Crippen LogP contribution in [0, 0.1) is 6.92 Å². The minimum absolute atomic E-state index is 0.793. The fourth-order valence-electron chi connectivity index (χ4n) is 1.88. The van der Waals surface area contributed by atoms with Gasteiger partial charge in [0, 0.05) is 45.5 Å². The van der Waals surface area contributed by atoms with Gasteiger partial charge >= 0.3 is 0 Å². The lowest BCUT2D eigenvalue weighted by Crippen LogP contribution is -2.15. The van der Waals surface area contributed by atoms with Gasteiger partial charge in [0.2, 0.25) is 11.9 Å². The van der Waals surface area contributed by atoms with Crippen molar-refractivity contribution in [1.29, 1.82) is 0 Å². The van der Waals surface area contributed by atoms with Crippen LogP contribution in [0.1, 0.15) is 11.4 Å². The number of anilines is 2. The summed E-state index contributed by atoms with van der Waals surface area (Å²) in [6.45, 7) is 2.89. The second-order valence-corrected chi connectivity index (χ2v) is 4.62. The van der Waals surface area contributed by atoms with E-state index >= 15 is 0 Å².